The first-order chi connectivity index (χ1) is 10.3. The first-order valence-corrected chi connectivity index (χ1v) is 8.34. The van der Waals surface area contributed by atoms with Crippen LogP contribution in [-0.4, -0.2) is 49.3 Å². The Labute approximate surface area is 128 Å². The summed E-state index contributed by atoms with van der Waals surface area (Å²) in [5, 5.41) is 0. The lowest BCUT2D eigenvalue weighted by Crippen LogP contribution is -2.37. The third-order valence-electron chi connectivity index (χ3n) is 4.68. The maximum absolute atomic E-state index is 5.42. The highest BCUT2D eigenvalue weighted by molar-refractivity contribution is 5.43. The number of pyridine rings is 1. The molecule has 116 valence electrons. The second-order valence-corrected chi connectivity index (χ2v) is 6.14. The van der Waals surface area contributed by atoms with Crippen molar-refractivity contribution in [2.45, 2.75) is 39.2 Å². The largest absolute Gasteiger partial charge is 0.378 e. The van der Waals surface area contributed by atoms with Crippen molar-refractivity contribution < 1.29 is 4.74 Å². The van der Waals surface area contributed by atoms with Crippen LogP contribution < -0.4 is 4.90 Å². The van der Waals surface area contributed by atoms with Gasteiger partial charge >= 0.3 is 0 Å². The molecule has 0 radical (unpaired) electrons. The predicted octanol–water partition coefficient (Wildman–Crippen LogP) is 2.77. The minimum Gasteiger partial charge on any atom is -0.378 e. The quantitative estimate of drug-likeness (QED) is 0.852. The van der Waals surface area contributed by atoms with E-state index in [2.05, 4.69) is 35.8 Å². The molecule has 0 N–H and O–H groups in total. The Morgan fingerprint density at radius 3 is 2.76 bits per heavy atom. The van der Waals surface area contributed by atoms with E-state index < -0.39 is 0 Å². The summed E-state index contributed by atoms with van der Waals surface area (Å²) in [6, 6.07) is 5.10. The lowest BCUT2D eigenvalue weighted by Gasteiger charge is -2.29. The topological polar surface area (TPSA) is 28.6 Å². The molecule has 0 bridgehead atoms. The zero-order valence-electron chi connectivity index (χ0n) is 13.3. The third kappa shape index (κ3) is 3.22. The highest BCUT2D eigenvalue weighted by Gasteiger charge is 2.27. The summed E-state index contributed by atoms with van der Waals surface area (Å²) >= 11 is 0. The number of nitrogens with zero attached hydrogens (tertiary/aromatic N) is 3. The molecule has 0 aromatic carbocycles. The summed E-state index contributed by atoms with van der Waals surface area (Å²) in [6.07, 6.45) is 3.82. The van der Waals surface area contributed by atoms with E-state index in [9.17, 15) is 0 Å². The number of hydrogen-bond donors (Lipinski definition) is 0. The molecule has 0 aliphatic carbocycles. The molecule has 1 aromatic heterocycles. The second kappa shape index (κ2) is 6.75. The van der Waals surface area contributed by atoms with Gasteiger partial charge in [0, 0.05) is 24.8 Å². The van der Waals surface area contributed by atoms with E-state index in [1.54, 1.807) is 0 Å². The molecule has 2 fully saturated rings. The Kier molecular flexibility index (Phi) is 4.76. The van der Waals surface area contributed by atoms with Gasteiger partial charge in [0.15, 0.2) is 0 Å². The van der Waals surface area contributed by atoms with Crippen molar-refractivity contribution in [3.05, 3.63) is 23.4 Å². The number of aromatic nitrogens is 1. The van der Waals surface area contributed by atoms with Gasteiger partial charge in [-0.3, -0.25) is 4.90 Å². The molecule has 0 saturated carbocycles. The van der Waals surface area contributed by atoms with E-state index in [-0.39, 0.29) is 0 Å². The van der Waals surface area contributed by atoms with Gasteiger partial charge in [-0.2, -0.15) is 0 Å². The molecule has 4 heteroatoms. The van der Waals surface area contributed by atoms with Crippen molar-refractivity contribution in [2.24, 2.45) is 0 Å². The Morgan fingerprint density at radius 1 is 1.24 bits per heavy atom. The summed E-state index contributed by atoms with van der Waals surface area (Å²) in [5.41, 5.74) is 2.63. The van der Waals surface area contributed by atoms with E-state index >= 15 is 0 Å². The summed E-state index contributed by atoms with van der Waals surface area (Å²) in [7, 11) is 0. The van der Waals surface area contributed by atoms with Gasteiger partial charge in [-0.15, -0.1) is 0 Å². The Bertz CT molecular complexity index is 471. The number of hydrogen-bond acceptors (Lipinski definition) is 4. The van der Waals surface area contributed by atoms with Gasteiger partial charge in [0.2, 0.25) is 0 Å². The molecule has 3 rings (SSSR count). The number of likely N-dealkylation sites (tertiary alicyclic amines) is 1. The second-order valence-electron chi connectivity index (χ2n) is 6.14. The molecule has 0 spiro atoms. The first kappa shape index (κ1) is 14.8. The fourth-order valence-electron chi connectivity index (χ4n) is 3.61. The van der Waals surface area contributed by atoms with Crippen molar-refractivity contribution in [3.8, 4) is 0 Å². The Morgan fingerprint density at radius 2 is 2.05 bits per heavy atom. The van der Waals surface area contributed by atoms with E-state index in [0.29, 0.717) is 6.04 Å². The minimum atomic E-state index is 0.580. The highest BCUT2D eigenvalue weighted by atomic mass is 16.5. The minimum absolute atomic E-state index is 0.580. The number of anilines is 1. The van der Waals surface area contributed by atoms with E-state index in [1.165, 1.54) is 43.6 Å². The Hall–Kier alpha value is -1.13. The molecule has 4 nitrogen and oxygen atoms in total. The molecule has 2 aliphatic rings. The van der Waals surface area contributed by atoms with Crippen LogP contribution >= 0.6 is 0 Å². The summed E-state index contributed by atoms with van der Waals surface area (Å²) in [5.74, 6) is 1.11. The molecule has 2 saturated heterocycles. The fourth-order valence-corrected chi connectivity index (χ4v) is 3.61. The van der Waals surface area contributed by atoms with E-state index in [0.717, 1.165) is 32.1 Å². The first-order valence-electron chi connectivity index (χ1n) is 8.34. The van der Waals surface area contributed by atoms with Crippen LogP contribution in [0.15, 0.2) is 12.1 Å². The number of aryl methyl sites for hydroxylation is 1. The molecule has 2 aliphatic heterocycles. The van der Waals surface area contributed by atoms with Crippen LogP contribution in [0.2, 0.25) is 0 Å². The van der Waals surface area contributed by atoms with Crippen molar-refractivity contribution in [3.63, 3.8) is 0 Å². The zero-order valence-corrected chi connectivity index (χ0v) is 13.3. The lowest BCUT2D eigenvalue weighted by atomic mass is 10.0. The van der Waals surface area contributed by atoms with Crippen molar-refractivity contribution in [2.75, 3.05) is 44.3 Å². The molecule has 1 aromatic rings. The van der Waals surface area contributed by atoms with Gasteiger partial charge in [-0.25, -0.2) is 4.98 Å². The molecule has 0 amide bonds. The maximum atomic E-state index is 5.42. The van der Waals surface area contributed by atoms with Crippen molar-refractivity contribution in [1.82, 2.24) is 9.88 Å². The lowest BCUT2D eigenvalue weighted by molar-refractivity contribution is 0.122. The van der Waals surface area contributed by atoms with Crippen LogP contribution in [0.3, 0.4) is 0 Å². The van der Waals surface area contributed by atoms with E-state index in [1.807, 2.05) is 0 Å². The normalized spacial score (nSPS) is 23.7. The van der Waals surface area contributed by atoms with Gasteiger partial charge in [-0.05, 0) is 50.9 Å². The van der Waals surface area contributed by atoms with Gasteiger partial charge in [0.05, 0.1) is 13.2 Å². The average Bonchev–Trinajstić information content (AvgIpc) is 2.96. The molecular weight excluding hydrogens is 262 g/mol. The van der Waals surface area contributed by atoms with Gasteiger partial charge in [-0.1, -0.05) is 13.0 Å². The van der Waals surface area contributed by atoms with Crippen LogP contribution in [0.5, 0.6) is 0 Å². The monoisotopic (exact) mass is 289 g/mol. The molecular formula is C17H27N3O. The standard InChI is InChI=1S/C17H27N3O/c1-3-8-19-9-4-5-16(19)15-6-7-17(18-14(15)2)20-10-12-21-13-11-20/h6-7,16H,3-5,8-13H2,1-2H3/t16-/m1/s1. The molecule has 21 heavy (non-hydrogen) atoms. The van der Waals surface area contributed by atoms with Crippen LogP contribution in [0.1, 0.15) is 43.5 Å². The highest BCUT2D eigenvalue weighted by Crippen LogP contribution is 2.34. The number of morpholine rings is 1. The van der Waals surface area contributed by atoms with Gasteiger partial charge in [0.1, 0.15) is 5.82 Å². The zero-order chi connectivity index (χ0) is 14.7. The number of rotatable bonds is 4. The predicted molar refractivity (Wildman–Crippen MR) is 85.8 cm³/mol. The van der Waals surface area contributed by atoms with Gasteiger partial charge in [0.25, 0.3) is 0 Å². The summed E-state index contributed by atoms with van der Waals surface area (Å²) < 4.78 is 5.42. The van der Waals surface area contributed by atoms with E-state index in [4.69, 9.17) is 9.72 Å². The van der Waals surface area contributed by atoms with Crippen LogP contribution in [-0.2, 0) is 4.74 Å². The smallest absolute Gasteiger partial charge is 0.128 e. The summed E-state index contributed by atoms with van der Waals surface area (Å²) in [6.45, 7) is 10.4. The van der Waals surface area contributed by atoms with Crippen molar-refractivity contribution in [1.29, 1.82) is 0 Å². The van der Waals surface area contributed by atoms with Gasteiger partial charge < -0.3 is 9.64 Å². The van der Waals surface area contributed by atoms with Crippen LogP contribution in [0.25, 0.3) is 0 Å². The van der Waals surface area contributed by atoms with Crippen LogP contribution in [0.4, 0.5) is 5.82 Å². The Balaban J connectivity index is 1.77. The molecule has 3 heterocycles. The maximum Gasteiger partial charge on any atom is 0.128 e. The number of ether oxygens (including phenoxy) is 1. The van der Waals surface area contributed by atoms with Crippen molar-refractivity contribution >= 4 is 5.82 Å². The fraction of sp³-hybridized carbons (Fsp3) is 0.706. The summed E-state index contributed by atoms with van der Waals surface area (Å²) in [4.78, 5) is 9.84. The molecule has 0 unspecified atom stereocenters. The third-order valence-corrected chi connectivity index (χ3v) is 4.68. The molecule has 1 atom stereocenters. The van der Waals surface area contributed by atoms with Crippen LogP contribution in [0, 0.1) is 6.92 Å². The average molecular weight is 289 g/mol. The SMILES string of the molecule is CCCN1CCC[C@@H]1c1ccc(N2CCOCC2)nc1C.